The molecule has 5 heteroatoms. The molecule has 4 heterocycles. The zero-order valence-electron chi connectivity index (χ0n) is 38.6. The molecule has 0 saturated carbocycles. The summed E-state index contributed by atoms with van der Waals surface area (Å²) in [6.07, 6.45) is 0. The molecular weight excluding hydrogens is 863 g/mol. The lowest BCUT2D eigenvalue weighted by atomic mass is 10.1. The predicted octanol–water partition coefficient (Wildman–Crippen LogP) is 17.5. The van der Waals surface area contributed by atoms with Crippen LogP contribution >= 0.6 is 0 Å². The van der Waals surface area contributed by atoms with E-state index in [1.165, 1.54) is 65.2 Å². The number of rotatable bonds is 7. The second-order valence-electron chi connectivity index (χ2n) is 18.6. The molecule has 5 nitrogen and oxygen atoms in total. The number of nitrogens with zero attached hydrogens (tertiary/aromatic N) is 5. The highest BCUT2D eigenvalue weighted by atomic mass is 15.1. The first-order chi connectivity index (χ1) is 35.2. The first-order valence-corrected chi connectivity index (χ1v) is 24.3. The third kappa shape index (κ3) is 5.93. The molecule has 0 bridgehead atoms. The topological polar surface area (TPSA) is 23.0 Å². The van der Waals surface area contributed by atoms with E-state index in [0.29, 0.717) is 0 Å². The van der Waals surface area contributed by atoms with Gasteiger partial charge < -0.3 is 23.2 Å². The number of para-hydroxylation sites is 7. The Hall–Kier alpha value is -9.58. The summed E-state index contributed by atoms with van der Waals surface area (Å²) >= 11 is 0. The van der Waals surface area contributed by atoms with E-state index in [9.17, 15) is 0 Å². The summed E-state index contributed by atoms with van der Waals surface area (Å²) in [6, 6.07) is 95.3. The van der Waals surface area contributed by atoms with E-state index in [0.717, 1.165) is 61.9 Å². The fourth-order valence-corrected chi connectivity index (χ4v) is 11.7. The molecule has 0 atom stereocenters. The Morgan fingerprint density at radius 2 is 0.465 bits per heavy atom. The van der Waals surface area contributed by atoms with Crippen molar-refractivity contribution in [3.8, 4) is 22.7 Å². The monoisotopic (exact) mass is 905 g/mol. The Morgan fingerprint density at radius 1 is 0.183 bits per heavy atom. The molecule has 0 aliphatic rings. The molecule has 332 valence electrons. The number of fused-ring (bicyclic) bond motifs is 12. The first kappa shape index (κ1) is 39.4. The van der Waals surface area contributed by atoms with E-state index < -0.39 is 0 Å². The van der Waals surface area contributed by atoms with E-state index >= 15 is 0 Å². The van der Waals surface area contributed by atoms with Crippen LogP contribution in [0.25, 0.3) is 110 Å². The molecule has 0 aliphatic carbocycles. The van der Waals surface area contributed by atoms with Gasteiger partial charge in [-0.05, 0) is 133 Å². The van der Waals surface area contributed by atoms with Gasteiger partial charge in [0.15, 0.2) is 0 Å². The summed E-state index contributed by atoms with van der Waals surface area (Å²) in [7, 11) is 0. The van der Waals surface area contributed by atoms with E-state index in [1.807, 2.05) is 0 Å². The maximum Gasteiger partial charge on any atom is 0.0542 e. The van der Waals surface area contributed by atoms with Gasteiger partial charge in [-0.25, -0.2) is 0 Å². The summed E-state index contributed by atoms with van der Waals surface area (Å²) in [5, 5.41) is 9.76. The van der Waals surface area contributed by atoms with Crippen molar-refractivity contribution in [2.24, 2.45) is 0 Å². The molecule has 0 radical (unpaired) electrons. The molecule has 71 heavy (non-hydrogen) atoms. The van der Waals surface area contributed by atoms with Gasteiger partial charge in [0, 0.05) is 82.9 Å². The van der Waals surface area contributed by atoms with Crippen LogP contribution in [-0.2, 0) is 0 Å². The fraction of sp³-hybridized carbons (Fsp3) is 0. The predicted molar refractivity (Wildman–Crippen MR) is 298 cm³/mol. The van der Waals surface area contributed by atoms with Crippen LogP contribution in [0.4, 0.5) is 17.1 Å². The van der Waals surface area contributed by atoms with Crippen molar-refractivity contribution in [1.82, 2.24) is 18.3 Å². The highest BCUT2D eigenvalue weighted by molar-refractivity contribution is 6.15. The first-order valence-electron chi connectivity index (χ1n) is 24.3. The van der Waals surface area contributed by atoms with Crippen LogP contribution in [0.15, 0.2) is 261 Å². The van der Waals surface area contributed by atoms with E-state index in [-0.39, 0.29) is 0 Å². The molecule has 0 fully saturated rings. The lowest BCUT2D eigenvalue weighted by molar-refractivity contribution is 1.16. The SMILES string of the molecule is c1ccc(N(c2ccc3c(c2)c2cc(-n4c5ccccc5c5ccccc54)ccc2n3-c2ccccc2)c2ccc3c(c2)c2cc(-n4c5ccccc5c5ccccc54)ccc2n3-c2ccccc2)cc1. The average molecular weight is 906 g/mol. The van der Waals surface area contributed by atoms with E-state index in [1.54, 1.807) is 0 Å². The summed E-state index contributed by atoms with van der Waals surface area (Å²) < 4.78 is 9.67. The van der Waals surface area contributed by atoms with Gasteiger partial charge in [-0.15, -0.1) is 0 Å². The minimum absolute atomic E-state index is 1.08. The van der Waals surface area contributed by atoms with Crippen molar-refractivity contribution >= 4 is 104 Å². The molecule has 0 amide bonds. The van der Waals surface area contributed by atoms with E-state index in [4.69, 9.17) is 0 Å². The van der Waals surface area contributed by atoms with Crippen LogP contribution in [0.3, 0.4) is 0 Å². The van der Waals surface area contributed by atoms with Crippen LogP contribution in [0.1, 0.15) is 0 Å². The number of aromatic nitrogens is 4. The number of hydrogen-bond donors (Lipinski definition) is 0. The summed E-state index contributed by atoms with van der Waals surface area (Å²) in [5.41, 5.74) is 17.2. The minimum atomic E-state index is 1.08. The quantitative estimate of drug-likeness (QED) is 0.156. The highest BCUT2D eigenvalue weighted by Gasteiger charge is 2.22. The zero-order chi connectivity index (χ0) is 46.6. The van der Waals surface area contributed by atoms with Crippen molar-refractivity contribution in [1.29, 1.82) is 0 Å². The molecule has 15 aromatic rings. The lowest BCUT2D eigenvalue weighted by Gasteiger charge is -2.26. The van der Waals surface area contributed by atoms with Gasteiger partial charge in [-0.2, -0.15) is 0 Å². The molecule has 0 N–H and O–H groups in total. The van der Waals surface area contributed by atoms with E-state index in [2.05, 4.69) is 284 Å². The van der Waals surface area contributed by atoms with Crippen molar-refractivity contribution in [3.63, 3.8) is 0 Å². The normalized spacial score (nSPS) is 11.9. The maximum absolute atomic E-state index is 2.42. The van der Waals surface area contributed by atoms with Crippen molar-refractivity contribution in [3.05, 3.63) is 261 Å². The van der Waals surface area contributed by atoms with Gasteiger partial charge in [-0.1, -0.05) is 127 Å². The van der Waals surface area contributed by atoms with Crippen LogP contribution in [0.2, 0.25) is 0 Å². The fourth-order valence-electron chi connectivity index (χ4n) is 11.7. The van der Waals surface area contributed by atoms with Crippen LogP contribution < -0.4 is 4.90 Å². The van der Waals surface area contributed by atoms with Crippen LogP contribution in [0, 0.1) is 0 Å². The molecule has 4 aromatic heterocycles. The Bertz CT molecular complexity index is 4190. The molecule has 15 rings (SSSR count). The third-order valence-corrected chi connectivity index (χ3v) is 14.7. The molecule has 0 spiro atoms. The third-order valence-electron chi connectivity index (χ3n) is 14.7. The van der Waals surface area contributed by atoms with Crippen LogP contribution in [0.5, 0.6) is 0 Å². The summed E-state index contributed by atoms with van der Waals surface area (Å²) in [5.74, 6) is 0. The number of benzene rings is 11. The molecule has 11 aromatic carbocycles. The standard InChI is InChI=1S/C66H43N5/c1-4-18-44(19-5-1)67(47-32-36-63-55(40-47)57-42-49(34-38-65(57)68(63)45-20-6-2-7-21-45)70-59-28-14-10-24-51(59)52-25-11-15-29-60(52)70)48-33-37-64-56(41-48)58-43-50(35-39-66(58)69(64)46-22-8-3-9-23-46)71-61-30-16-12-26-53(61)54-27-13-17-31-62(54)71/h1-43H. The van der Waals surface area contributed by atoms with Gasteiger partial charge in [-0.3, -0.25) is 0 Å². The smallest absolute Gasteiger partial charge is 0.0542 e. The minimum Gasteiger partial charge on any atom is -0.310 e. The molecule has 0 saturated heterocycles. The zero-order valence-corrected chi connectivity index (χ0v) is 38.6. The molecular formula is C66H43N5. The largest absolute Gasteiger partial charge is 0.310 e. The van der Waals surface area contributed by atoms with Crippen molar-refractivity contribution < 1.29 is 0 Å². The van der Waals surface area contributed by atoms with Gasteiger partial charge >= 0.3 is 0 Å². The maximum atomic E-state index is 2.42. The number of anilines is 3. The number of hydrogen-bond acceptors (Lipinski definition) is 1. The lowest BCUT2D eigenvalue weighted by Crippen LogP contribution is -2.09. The molecule has 0 unspecified atom stereocenters. The Labute approximate surface area is 409 Å². The summed E-state index contributed by atoms with van der Waals surface area (Å²) in [6.45, 7) is 0. The average Bonchev–Trinajstić information content (AvgIpc) is 4.16. The van der Waals surface area contributed by atoms with Gasteiger partial charge in [0.2, 0.25) is 0 Å². The molecule has 0 aliphatic heterocycles. The second kappa shape index (κ2) is 15.5. The van der Waals surface area contributed by atoms with Gasteiger partial charge in [0.05, 0.1) is 44.1 Å². The Morgan fingerprint density at radius 3 is 0.845 bits per heavy atom. The van der Waals surface area contributed by atoms with Crippen LogP contribution in [-0.4, -0.2) is 18.3 Å². The Balaban J connectivity index is 0.970. The summed E-state index contributed by atoms with van der Waals surface area (Å²) in [4.78, 5) is 2.42. The van der Waals surface area contributed by atoms with Gasteiger partial charge in [0.1, 0.15) is 0 Å². The Kier molecular flexibility index (Phi) is 8.59. The second-order valence-corrected chi connectivity index (χ2v) is 18.6. The van der Waals surface area contributed by atoms with Crippen molar-refractivity contribution in [2.45, 2.75) is 0 Å². The highest BCUT2D eigenvalue weighted by Crippen LogP contribution is 2.44. The van der Waals surface area contributed by atoms with Gasteiger partial charge in [0.25, 0.3) is 0 Å². The van der Waals surface area contributed by atoms with Crippen molar-refractivity contribution in [2.75, 3.05) is 4.90 Å².